The van der Waals surface area contributed by atoms with Crippen LogP contribution < -0.4 is 48.5 Å². The summed E-state index contributed by atoms with van der Waals surface area (Å²) in [6.07, 6.45) is 8.21. The van der Waals surface area contributed by atoms with E-state index in [0.717, 1.165) is 61.8 Å². The lowest BCUT2D eigenvalue weighted by molar-refractivity contribution is 0.0935. The molecule has 0 radical (unpaired) electrons. The zero-order chi connectivity index (χ0) is 41.7. The molecule has 59 heavy (non-hydrogen) atoms. The molecule has 13 nitrogen and oxygen atoms in total. The molecule has 0 bridgehead atoms. The highest BCUT2D eigenvalue weighted by Gasteiger charge is 2.26. The summed E-state index contributed by atoms with van der Waals surface area (Å²) in [6.45, 7) is 1.14. The first-order valence-corrected chi connectivity index (χ1v) is 20.0. The van der Waals surface area contributed by atoms with Crippen molar-refractivity contribution < 1.29 is 47.2 Å². The van der Waals surface area contributed by atoms with E-state index in [1.165, 1.54) is 6.42 Å². The van der Waals surface area contributed by atoms with Gasteiger partial charge in [-0.15, -0.1) is 0 Å². The van der Waals surface area contributed by atoms with Crippen molar-refractivity contribution in [2.75, 3.05) is 61.2 Å². The standard InChI is InChI=1S/C45H52ClN3O10/c1-51-37-21-28(44-47-33-17-16-31(46)26-32(33)45(50)48-44)15-18-35(37)57-19-13-11-9-7-8-10-12-14-20-58-43-40(54-4)22-29(23-41(43)55-5)34-27-36(59-49-34)30-24-38(52-2)42(56-6)39(25-30)53-3/h15-18,21-27,44,47H,7-14,19-20H2,1-6H3,(H,48,50). The molecule has 1 unspecified atom stereocenters. The maximum atomic E-state index is 12.7. The molecule has 1 atom stereocenters. The van der Waals surface area contributed by atoms with Crippen LogP contribution in [0.15, 0.2) is 71.3 Å². The van der Waals surface area contributed by atoms with Crippen LogP contribution >= 0.6 is 11.6 Å². The second-order valence-corrected chi connectivity index (χ2v) is 14.3. The highest BCUT2D eigenvalue weighted by molar-refractivity contribution is 6.31. The van der Waals surface area contributed by atoms with Gasteiger partial charge in [0.25, 0.3) is 5.91 Å². The Kier molecular flexibility index (Phi) is 14.9. The molecule has 0 saturated heterocycles. The van der Waals surface area contributed by atoms with E-state index in [0.29, 0.717) is 86.8 Å². The number of halogens is 1. The van der Waals surface area contributed by atoms with Crippen LogP contribution in [0, 0.1) is 0 Å². The normalized spacial score (nSPS) is 13.1. The zero-order valence-corrected chi connectivity index (χ0v) is 35.2. The maximum Gasteiger partial charge on any atom is 0.255 e. The van der Waals surface area contributed by atoms with E-state index in [1.807, 2.05) is 42.5 Å². The topological polar surface area (TPSA) is 141 Å². The number of carbonyl (C=O) groups is 1. The summed E-state index contributed by atoms with van der Waals surface area (Å²) in [5.41, 5.74) is 4.17. The number of unbranched alkanes of at least 4 members (excludes halogenated alkanes) is 7. The molecule has 0 saturated carbocycles. The maximum absolute atomic E-state index is 12.7. The number of benzene rings is 4. The van der Waals surface area contributed by atoms with E-state index in [9.17, 15) is 4.79 Å². The Balaban J connectivity index is 0.894. The average molecular weight is 830 g/mol. The van der Waals surface area contributed by atoms with E-state index >= 15 is 0 Å². The number of hydrogen-bond donors (Lipinski definition) is 2. The Hall–Kier alpha value is -5.95. The van der Waals surface area contributed by atoms with Crippen LogP contribution in [-0.4, -0.2) is 66.9 Å². The number of rotatable bonds is 22. The first-order chi connectivity index (χ1) is 28.8. The molecule has 5 aromatic rings. The SMILES string of the molecule is COc1cc(C2NC(=O)c3cc(Cl)ccc3N2)ccc1OCCCCCCCCCCOc1c(OC)cc(-c2cc(-c3cc(OC)c(OC)c(OC)c3)on2)cc1OC. The molecule has 314 valence electrons. The predicted molar refractivity (Wildman–Crippen MR) is 226 cm³/mol. The van der Waals surface area contributed by atoms with Gasteiger partial charge in [0.1, 0.15) is 11.9 Å². The van der Waals surface area contributed by atoms with Crippen molar-refractivity contribution >= 4 is 23.2 Å². The Morgan fingerprint density at radius 2 is 1.15 bits per heavy atom. The number of aromatic nitrogens is 1. The lowest BCUT2D eigenvalue weighted by Crippen LogP contribution is -2.38. The zero-order valence-electron chi connectivity index (χ0n) is 34.4. The molecule has 0 fully saturated rings. The highest BCUT2D eigenvalue weighted by atomic mass is 35.5. The van der Waals surface area contributed by atoms with Crippen LogP contribution in [0.4, 0.5) is 5.69 Å². The van der Waals surface area contributed by atoms with Crippen molar-refractivity contribution in [1.29, 1.82) is 0 Å². The third-order valence-electron chi connectivity index (χ3n) is 10.1. The van der Waals surface area contributed by atoms with Crippen molar-refractivity contribution in [1.82, 2.24) is 10.5 Å². The summed E-state index contributed by atoms with van der Waals surface area (Å²) >= 11 is 6.07. The first kappa shape index (κ1) is 42.7. The minimum Gasteiger partial charge on any atom is -0.493 e. The largest absolute Gasteiger partial charge is 0.493 e. The van der Waals surface area contributed by atoms with E-state index in [4.69, 9.17) is 54.0 Å². The molecule has 2 heterocycles. The van der Waals surface area contributed by atoms with Gasteiger partial charge in [0.15, 0.2) is 40.3 Å². The van der Waals surface area contributed by atoms with Crippen molar-refractivity contribution in [2.45, 2.75) is 57.5 Å². The number of fused-ring (bicyclic) bond motifs is 1. The minimum atomic E-state index is -0.400. The molecule has 14 heteroatoms. The molecular formula is C45H52ClN3O10. The van der Waals surface area contributed by atoms with Gasteiger partial charge in [-0.25, -0.2) is 0 Å². The number of carbonyl (C=O) groups excluding carboxylic acids is 1. The van der Waals surface area contributed by atoms with Crippen LogP contribution in [0.2, 0.25) is 5.02 Å². The van der Waals surface area contributed by atoms with Gasteiger partial charge in [-0.05, 0) is 73.0 Å². The van der Waals surface area contributed by atoms with Crippen LogP contribution in [0.25, 0.3) is 22.6 Å². The van der Waals surface area contributed by atoms with Gasteiger partial charge in [0.05, 0.1) is 61.4 Å². The molecule has 1 aromatic heterocycles. The quantitative estimate of drug-likeness (QED) is 0.0642. The summed E-state index contributed by atoms with van der Waals surface area (Å²) in [4.78, 5) is 12.7. The highest BCUT2D eigenvalue weighted by Crippen LogP contribution is 2.44. The number of nitrogens with zero attached hydrogens (tertiary/aromatic N) is 1. The number of amides is 1. The summed E-state index contributed by atoms with van der Waals surface area (Å²) in [5.74, 6) is 4.79. The van der Waals surface area contributed by atoms with Crippen molar-refractivity contribution in [2.24, 2.45) is 0 Å². The number of nitrogens with one attached hydrogen (secondary N) is 2. The fourth-order valence-corrected chi connectivity index (χ4v) is 7.11. The lowest BCUT2D eigenvalue weighted by Gasteiger charge is -2.28. The van der Waals surface area contributed by atoms with Gasteiger partial charge >= 0.3 is 0 Å². The minimum absolute atomic E-state index is 0.184. The molecule has 4 aromatic carbocycles. The molecule has 0 spiro atoms. The third-order valence-corrected chi connectivity index (χ3v) is 10.3. The van der Waals surface area contributed by atoms with Crippen LogP contribution in [0.3, 0.4) is 0 Å². The smallest absolute Gasteiger partial charge is 0.255 e. The predicted octanol–water partition coefficient (Wildman–Crippen LogP) is 10.1. The fourth-order valence-electron chi connectivity index (χ4n) is 6.94. The van der Waals surface area contributed by atoms with Crippen molar-refractivity contribution in [3.05, 3.63) is 82.9 Å². The van der Waals surface area contributed by atoms with E-state index in [2.05, 4.69) is 15.8 Å². The average Bonchev–Trinajstić information content (AvgIpc) is 3.77. The summed E-state index contributed by atoms with van der Waals surface area (Å²) in [5, 5.41) is 11.2. The van der Waals surface area contributed by atoms with E-state index in [1.54, 1.807) is 66.9 Å². The van der Waals surface area contributed by atoms with Gasteiger partial charge in [0, 0.05) is 27.9 Å². The van der Waals surface area contributed by atoms with Gasteiger partial charge in [0.2, 0.25) is 11.5 Å². The first-order valence-electron chi connectivity index (χ1n) is 19.6. The Bertz CT molecular complexity index is 2140. The monoisotopic (exact) mass is 829 g/mol. The van der Waals surface area contributed by atoms with Crippen LogP contribution in [-0.2, 0) is 0 Å². The van der Waals surface area contributed by atoms with Crippen molar-refractivity contribution in [3.63, 3.8) is 0 Å². The number of anilines is 1. The number of methoxy groups -OCH3 is 6. The van der Waals surface area contributed by atoms with Crippen molar-refractivity contribution in [3.8, 4) is 68.6 Å². The van der Waals surface area contributed by atoms with E-state index in [-0.39, 0.29) is 5.91 Å². The van der Waals surface area contributed by atoms with E-state index < -0.39 is 6.17 Å². The van der Waals surface area contributed by atoms with Crippen LogP contribution in [0.5, 0.6) is 46.0 Å². The second kappa shape index (κ2) is 20.6. The van der Waals surface area contributed by atoms with Gasteiger partial charge in [-0.1, -0.05) is 61.3 Å². The molecule has 1 aliphatic heterocycles. The summed E-state index contributed by atoms with van der Waals surface area (Å²) < 4.78 is 51.5. The molecule has 0 aliphatic carbocycles. The van der Waals surface area contributed by atoms with Crippen LogP contribution in [0.1, 0.15) is 73.5 Å². The molecular weight excluding hydrogens is 778 g/mol. The molecule has 1 amide bonds. The van der Waals surface area contributed by atoms with Gasteiger partial charge < -0.3 is 53.1 Å². The van der Waals surface area contributed by atoms with Gasteiger partial charge in [-0.3, -0.25) is 4.79 Å². The second-order valence-electron chi connectivity index (χ2n) is 13.9. The Labute approximate surface area is 350 Å². The fraction of sp³-hybridized carbons (Fsp3) is 0.378. The number of ether oxygens (including phenoxy) is 8. The third kappa shape index (κ3) is 10.4. The summed E-state index contributed by atoms with van der Waals surface area (Å²) in [7, 11) is 9.51. The Morgan fingerprint density at radius 3 is 1.76 bits per heavy atom. The number of hydrogen-bond acceptors (Lipinski definition) is 12. The Morgan fingerprint density at radius 1 is 0.576 bits per heavy atom. The molecule has 2 N–H and O–H groups in total. The molecule has 1 aliphatic rings. The lowest BCUT2D eigenvalue weighted by atomic mass is 10.1. The summed E-state index contributed by atoms with van der Waals surface area (Å²) in [6, 6.07) is 20.1. The van der Waals surface area contributed by atoms with Gasteiger partial charge in [-0.2, -0.15) is 0 Å². The molecule has 6 rings (SSSR count).